The summed E-state index contributed by atoms with van der Waals surface area (Å²) in [6.07, 6.45) is 1.15. The molecule has 7 nitrogen and oxygen atoms in total. The molecule has 1 aromatic heterocycles. The van der Waals surface area contributed by atoms with Gasteiger partial charge < -0.3 is 20.0 Å². The summed E-state index contributed by atoms with van der Waals surface area (Å²) >= 11 is 0. The van der Waals surface area contributed by atoms with E-state index in [1.165, 1.54) is 6.26 Å². The number of carbonyl (C=O) groups is 2. The van der Waals surface area contributed by atoms with Crippen LogP contribution in [0, 0.1) is 5.92 Å². The van der Waals surface area contributed by atoms with Crippen LogP contribution < -0.4 is 5.73 Å². The third-order valence-electron chi connectivity index (χ3n) is 3.58. The summed E-state index contributed by atoms with van der Waals surface area (Å²) in [4.78, 5) is 25.3. The monoisotopic (exact) mass is 310 g/mol. The maximum Gasteiger partial charge on any atom is 0.328 e. The highest BCUT2D eigenvalue weighted by atomic mass is 16.6. The van der Waals surface area contributed by atoms with E-state index < -0.39 is 35.7 Å². The van der Waals surface area contributed by atoms with Crippen LogP contribution in [0.15, 0.2) is 22.8 Å². The van der Waals surface area contributed by atoms with E-state index in [2.05, 4.69) is 0 Å². The zero-order valence-corrected chi connectivity index (χ0v) is 13.0. The Labute approximate surface area is 129 Å². The van der Waals surface area contributed by atoms with Gasteiger partial charge in [0.25, 0.3) is 0 Å². The van der Waals surface area contributed by atoms with E-state index >= 15 is 0 Å². The summed E-state index contributed by atoms with van der Waals surface area (Å²) in [6.45, 7) is 5.74. The minimum Gasteiger partial charge on any atom is -0.480 e. The van der Waals surface area contributed by atoms with Crippen LogP contribution >= 0.6 is 0 Å². The first-order chi connectivity index (χ1) is 10.2. The van der Waals surface area contributed by atoms with Gasteiger partial charge in [0.1, 0.15) is 11.4 Å². The van der Waals surface area contributed by atoms with E-state index in [0.717, 1.165) is 0 Å². The van der Waals surface area contributed by atoms with Crippen molar-refractivity contribution in [3.8, 4) is 0 Å². The molecule has 3 N–H and O–H groups in total. The van der Waals surface area contributed by atoms with Crippen LogP contribution in [-0.2, 0) is 14.3 Å². The molecular weight excluding hydrogens is 288 g/mol. The molecule has 0 saturated carbocycles. The molecule has 1 aromatic rings. The fraction of sp³-hybridized carbons (Fsp3) is 0.600. The van der Waals surface area contributed by atoms with Gasteiger partial charge in [0.15, 0.2) is 6.04 Å². The van der Waals surface area contributed by atoms with Crippen molar-refractivity contribution in [1.82, 2.24) is 4.90 Å². The molecule has 122 valence electrons. The molecule has 0 spiro atoms. The first kappa shape index (κ1) is 16.5. The molecule has 0 amide bonds. The normalized spacial score (nSPS) is 24.2. The van der Waals surface area contributed by atoms with Gasteiger partial charge in [-0.15, -0.1) is 0 Å². The van der Waals surface area contributed by atoms with Gasteiger partial charge >= 0.3 is 11.9 Å². The zero-order chi connectivity index (χ0) is 16.5. The Morgan fingerprint density at radius 2 is 2.18 bits per heavy atom. The van der Waals surface area contributed by atoms with Gasteiger partial charge in [0.2, 0.25) is 0 Å². The molecule has 1 fully saturated rings. The van der Waals surface area contributed by atoms with Gasteiger partial charge in [-0.1, -0.05) is 0 Å². The van der Waals surface area contributed by atoms with Crippen LogP contribution in [0.3, 0.4) is 0 Å². The van der Waals surface area contributed by atoms with Crippen LogP contribution in [0.4, 0.5) is 0 Å². The van der Waals surface area contributed by atoms with Crippen LogP contribution in [0.5, 0.6) is 0 Å². The average Bonchev–Trinajstić information content (AvgIpc) is 2.99. The number of nitrogens with two attached hydrogens (primary N) is 1. The summed E-state index contributed by atoms with van der Waals surface area (Å²) in [5, 5.41) is 9.46. The predicted molar refractivity (Wildman–Crippen MR) is 77.7 cm³/mol. The standard InChI is InChI=1S/C15H22N2O5/c1-15(2,3)22-14(20)9-6-7-17(12(9)16)11(13(18)19)10-5-4-8-21-10/h4-5,8-9,11-12H,6-7,16H2,1-3H3,(H,18,19)/t9-,11-,12+/m1/s1. The highest BCUT2D eigenvalue weighted by molar-refractivity contribution is 5.76. The molecule has 0 aliphatic carbocycles. The van der Waals surface area contributed by atoms with Gasteiger partial charge in [-0.05, 0) is 39.3 Å². The molecule has 2 heterocycles. The van der Waals surface area contributed by atoms with Gasteiger partial charge in [0.05, 0.1) is 18.3 Å². The van der Waals surface area contributed by atoms with E-state index in [0.29, 0.717) is 18.7 Å². The zero-order valence-electron chi connectivity index (χ0n) is 13.0. The van der Waals surface area contributed by atoms with Crippen LogP contribution in [-0.4, -0.2) is 40.3 Å². The fourth-order valence-electron chi connectivity index (χ4n) is 2.65. The minimum atomic E-state index is -1.06. The number of carboxylic acid groups (broad SMARTS) is 1. The Bertz CT molecular complexity index is 535. The summed E-state index contributed by atoms with van der Waals surface area (Å²) in [7, 11) is 0. The van der Waals surface area contributed by atoms with Gasteiger partial charge in [-0.25, -0.2) is 0 Å². The maximum atomic E-state index is 12.2. The first-order valence-corrected chi connectivity index (χ1v) is 7.21. The predicted octanol–water partition coefficient (Wildman–Crippen LogP) is 1.35. The first-order valence-electron chi connectivity index (χ1n) is 7.21. The Kier molecular flexibility index (Phi) is 4.58. The molecule has 7 heteroatoms. The number of hydrogen-bond acceptors (Lipinski definition) is 6. The lowest BCUT2D eigenvalue weighted by atomic mass is 10.1. The Morgan fingerprint density at radius 3 is 2.68 bits per heavy atom. The number of hydrogen-bond donors (Lipinski definition) is 2. The number of aliphatic carboxylic acids is 1. The quantitative estimate of drug-likeness (QED) is 0.808. The SMILES string of the molecule is CC(C)(C)OC(=O)[C@@H]1CCN([C@@H](C(=O)O)c2ccco2)[C@@H]1N. The van der Waals surface area contributed by atoms with E-state index in [4.69, 9.17) is 14.9 Å². The minimum absolute atomic E-state index is 0.299. The molecule has 0 unspecified atom stereocenters. The summed E-state index contributed by atoms with van der Waals surface area (Å²) in [6, 6.07) is 2.21. The number of likely N-dealkylation sites (tertiary alicyclic amines) is 1. The second kappa shape index (κ2) is 6.10. The summed E-state index contributed by atoms with van der Waals surface area (Å²) < 4.78 is 10.6. The molecular formula is C15H22N2O5. The van der Waals surface area contributed by atoms with Crippen molar-refractivity contribution >= 4 is 11.9 Å². The number of carbonyl (C=O) groups excluding carboxylic acids is 1. The molecule has 3 atom stereocenters. The third kappa shape index (κ3) is 3.48. The van der Waals surface area contributed by atoms with Crippen molar-refractivity contribution in [2.24, 2.45) is 11.7 Å². The largest absolute Gasteiger partial charge is 0.480 e. The Morgan fingerprint density at radius 1 is 1.50 bits per heavy atom. The van der Waals surface area contributed by atoms with Crippen molar-refractivity contribution in [2.75, 3.05) is 6.54 Å². The smallest absolute Gasteiger partial charge is 0.328 e. The van der Waals surface area contributed by atoms with Crippen molar-refractivity contribution < 1.29 is 23.8 Å². The van der Waals surface area contributed by atoms with E-state index in [9.17, 15) is 14.7 Å². The van der Waals surface area contributed by atoms with Gasteiger partial charge in [-0.3, -0.25) is 14.5 Å². The molecule has 22 heavy (non-hydrogen) atoms. The molecule has 1 aliphatic heterocycles. The van der Waals surface area contributed by atoms with Crippen molar-refractivity contribution in [3.05, 3.63) is 24.2 Å². The summed E-state index contributed by atoms with van der Waals surface area (Å²) in [5.74, 6) is -1.70. The van der Waals surface area contributed by atoms with Crippen LogP contribution in [0.1, 0.15) is 39.0 Å². The molecule has 0 bridgehead atoms. The van der Waals surface area contributed by atoms with E-state index in [1.54, 1.807) is 37.8 Å². The number of carboxylic acids is 1. The molecule has 1 saturated heterocycles. The van der Waals surface area contributed by atoms with Crippen molar-refractivity contribution in [1.29, 1.82) is 0 Å². The molecule has 2 rings (SSSR count). The Hall–Kier alpha value is -1.86. The second-order valence-electron chi connectivity index (χ2n) is 6.41. The number of ether oxygens (including phenoxy) is 1. The fourth-order valence-corrected chi connectivity index (χ4v) is 2.65. The van der Waals surface area contributed by atoms with Crippen molar-refractivity contribution in [3.63, 3.8) is 0 Å². The molecule has 0 aromatic carbocycles. The lowest BCUT2D eigenvalue weighted by Gasteiger charge is -2.29. The highest BCUT2D eigenvalue weighted by Crippen LogP contribution is 2.32. The Balaban J connectivity index is 2.14. The lowest BCUT2D eigenvalue weighted by Crippen LogP contribution is -2.47. The highest BCUT2D eigenvalue weighted by Gasteiger charge is 2.44. The lowest BCUT2D eigenvalue weighted by molar-refractivity contribution is -0.161. The number of nitrogens with zero attached hydrogens (tertiary/aromatic N) is 1. The maximum absolute atomic E-state index is 12.2. The van der Waals surface area contributed by atoms with Crippen LogP contribution in [0.2, 0.25) is 0 Å². The summed E-state index contributed by atoms with van der Waals surface area (Å²) in [5.41, 5.74) is 5.51. The topological polar surface area (TPSA) is 106 Å². The number of rotatable bonds is 4. The van der Waals surface area contributed by atoms with Gasteiger partial charge in [-0.2, -0.15) is 0 Å². The van der Waals surface area contributed by atoms with E-state index in [1.807, 2.05) is 0 Å². The number of furan rings is 1. The molecule has 0 radical (unpaired) electrons. The third-order valence-corrected chi connectivity index (χ3v) is 3.58. The van der Waals surface area contributed by atoms with Gasteiger partial charge in [0, 0.05) is 6.54 Å². The number of esters is 1. The molecule has 1 aliphatic rings. The van der Waals surface area contributed by atoms with E-state index in [-0.39, 0.29) is 0 Å². The van der Waals surface area contributed by atoms with Crippen molar-refractivity contribution in [2.45, 2.75) is 45.0 Å². The van der Waals surface area contributed by atoms with Crippen LogP contribution in [0.25, 0.3) is 0 Å². The second-order valence-corrected chi connectivity index (χ2v) is 6.41. The average molecular weight is 310 g/mol.